The Hall–Kier alpha value is -0.620. The number of benzene rings is 2. The second kappa shape index (κ2) is 6.02. The molecule has 0 radical (unpaired) electrons. The molecule has 2 rings (SSSR count). The van der Waals surface area contributed by atoms with E-state index in [0.717, 1.165) is 21.7 Å². The predicted octanol–water partition coefficient (Wildman–Crippen LogP) is 3.81. The third-order valence-corrected chi connectivity index (χ3v) is 4.03. The van der Waals surface area contributed by atoms with Gasteiger partial charge in [-0.15, -0.1) is 0 Å². The molecule has 0 fully saturated rings. The van der Waals surface area contributed by atoms with Gasteiger partial charge in [0.05, 0.1) is 6.04 Å². The molecule has 3 N–H and O–H groups in total. The standard InChI is InChI=1S/C14H14ClIN2/c1-9-2-3-11(8-13(9)15)14(18-17)10-4-6-12(16)7-5-10/h2-8,14,18H,17H2,1H3. The Morgan fingerprint density at radius 2 is 1.72 bits per heavy atom. The Bertz CT molecular complexity index is 540. The number of hydrogen-bond donors (Lipinski definition) is 2. The van der Waals surface area contributed by atoms with Crippen molar-refractivity contribution in [3.8, 4) is 0 Å². The van der Waals surface area contributed by atoms with Crippen LogP contribution in [0.4, 0.5) is 0 Å². The van der Waals surface area contributed by atoms with Crippen LogP contribution in [0.5, 0.6) is 0 Å². The molecule has 0 saturated carbocycles. The highest BCUT2D eigenvalue weighted by atomic mass is 127. The van der Waals surface area contributed by atoms with Gasteiger partial charge in [-0.05, 0) is 64.4 Å². The Balaban J connectivity index is 2.38. The summed E-state index contributed by atoms with van der Waals surface area (Å²) < 4.78 is 1.20. The van der Waals surface area contributed by atoms with Gasteiger partial charge in [-0.2, -0.15) is 0 Å². The molecule has 2 nitrogen and oxygen atoms in total. The fourth-order valence-electron chi connectivity index (χ4n) is 1.83. The Kier molecular flexibility index (Phi) is 4.61. The van der Waals surface area contributed by atoms with Crippen LogP contribution in [-0.2, 0) is 0 Å². The lowest BCUT2D eigenvalue weighted by molar-refractivity contribution is 0.637. The minimum atomic E-state index is -0.0416. The predicted molar refractivity (Wildman–Crippen MR) is 84.5 cm³/mol. The number of nitrogens with one attached hydrogen (secondary N) is 1. The highest BCUT2D eigenvalue weighted by molar-refractivity contribution is 14.1. The molecule has 0 saturated heterocycles. The molecular formula is C14H14ClIN2. The van der Waals surface area contributed by atoms with Gasteiger partial charge in [0.1, 0.15) is 0 Å². The number of halogens is 2. The third-order valence-electron chi connectivity index (χ3n) is 2.90. The zero-order valence-corrected chi connectivity index (χ0v) is 12.9. The molecule has 2 aromatic carbocycles. The summed E-state index contributed by atoms with van der Waals surface area (Å²) in [5.74, 6) is 5.67. The summed E-state index contributed by atoms with van der Waals surface area (Å²) in [4.78, 5) is 0. The summed E-state index contributed by atoms with van der Waals surface area (Å²) in [5.41, 5.74) is 6.10. The molecule has 0 bridgehead atoms. The lowest BCUT2D eigenvalue weighted by Gasteiger charge is -2.17. The van der Waals surface area contributed by atoms with E-state index in [9.17, 15) is 0 Å². The van der Waals surface area contributed by atoms with E-state index in [1.54, 1.807) is 0 Å². The Labute approximate surface area is 126 Å². The first kappa shape index (κ1) is 13.8. The smallest absolute Gasteiger partial charge is 0.0710 e. The fourth-order valence-corrected chi connectivity index (χ4v) is 2.38. The lowest BCUT2D eigenvalue weighted by Crippen LogP contribution is -2.28. The average Bonchev–Trinajstić information content (AvgIpc) is 2.37. The van der Waals surface area contributed by atoms with E-state index in [1.807, 2.05) is 25.1 Å². The summed E-state index contributed by atoms with van der Waals surface area (Å²) in [6.07, 6.45) is 0. The molecule has 0 aliphatic heterocycles. The second-order valence-corrected chi connectivity index (χ2v) is 5.81. The molecule has 4 heteroatoms. The summed E-state index contributed by atoms with van der Waals surface area (Å²) in [6.45, 7) is 1.99. The maximum Gasteiger partial charge on any atom is 0.0710 e. The topological polar surface area (TPSA) is 38.0 Å². The molecule has 18 heavy (non-hydrogen) atoms. The van der Waals surface area contributed by atoms with Gasteiger partial charge in [-0.1, -0.05) is 35.9 Å². The second-order valence-electron chi connectivity index (χ2n) is 4.16. The van der Waals surface area contributed by atoms with Crippen molar-refractivity contribution in [3.63, 3.8) is 0 Å². The molecule has 0 spiro atoms. The minimum absolute atomic E-state index is 0.0416. The van der Waals surface area contributed by atoms with Crippen LogP contribution >= 0.6 is 34.2 Å². The van der Waals surface area contributed by atoms with Crippen molar-refractivity contribution in [2.24, 2.45) is 5.84 Å². The highest BCUT2D eigenvalue weighted by Gasteiger charge is 2.13. The molecule has 1 unspecified atom stereocenters. The number of hydrazine groups is 1. The van der Waals surface area contributed by atoms with Gasteiger partial charge in [-0.3, -0.25) is 5.84 Å². The van der Waals surface area contributed by atoms with E-state index in [-0.39, 0.29) is 6.04 Å². The fraction of sp³-hybridized carbons (Fsp3) is 0.143. The molecule has 1 atom stereocenters. The van der Waals surface area contributed by atoms with Crippen molar-refractivity contribution in [2.75, 3.05) is 0 Å². The van der Waals surface area contributed by atoms with Crippen molar-refractivity contribution in [1.29, 1.82) is 0 Å². The van der Waals surface area contributed by atoms with E-state index < -0.39 is 0 Å². The SMILES string of the molecule is Cc1ccc(C(NN)c2ccc(I)cc2)cc1Cl. The number of aryl methyl sites for hydroxylation is 1. The first-order valence-electron chi connectivity index (χ1n) is 5.59. The van der Waals surface area contributed by atoms with Crippen LogP contribution in [0, 0.1) is 10.5 Å². The monoisotopic (exact) mass is 372 g/mol. The largest absolute Gasteiger partial charge is 0.271 e. The van der Waals surface area contributed by atoms with Gasteiger partial charge in [0.2, 0.25) is 0 Å². The zero-order valence-electron chi connectivity index (χ0n) is 9.95. The van der Waals surface area contributed by atoms with Crippen LogP contribution in [0.25, 0.3) is 0 Å². The summed E-state index contributed by atoms with van der Waals surface area (Å²) in [6, 6.07) is 14.2. The number of hydrogen-bond acceptors (Lipinski definition) is 2. The van der Waals surface area contributed by atoms with E-state index in [1.165, 1.54) is 3.57 Å². The van der Waals surface area contributed by atoms with Crippen molar-refractivity contribution in [1.82, 2.24) is 5.43 Å². The molecule has 2 aromatic rings. The van der Waals surface area contributed by atoms with E-state index in [2.05, 4.69) is 52.3 Å². The summed E-state index contributed by atoms with van der Waals surface area (Å²) in [7, 11) is 0. The van der Waals surface area contributed by atoms with Gasteiger partial charge in [0.25, 0.3) is 0 Å². The first-order chi connectivity index (χ1) is 8.61. The lowest BCUT2D eigenvalue weighted by atomic mass is 9.98. The molecule has 0 aliphatic carbocycles. The van der Waals surface area contributed by atoms with E-state index in [0.29, 0.717) is 0 Å². The quantitative estimate of drug-likeness (QED) is 0.488. The number of nitrogens with two attached hydrogens (primary N) is 1. The minimum Gasteiger partial charge on any atom is -0.271 e. The normalized spacial score (nSPS) is 12.4. The molecule has 0 amide bonds. The average molecular weight is 373 g/mol. The van der Waals surface area contributed by atoms with Crippen molar-refractivity contribution in [2.45, 2.75) is 13.0 Å². The number of rotatable bonds is 3. The van der Waals surface area contributed by atoms with Gasteiger partial charge >= 0.3 is 0 Å². The maximum absolute atomic E-state index is 6.16. The molecule has 0 aromatic heterocycles. The van der Waals surface area contributed by atoms with Crippen molar-refractivity contribution < 1.29 is 0 Å². The van der Waals surface area contributed by atoms with E-state index >= 15 is 0 Å². The summed E-state index contributed by atoms with van der Waals surface area (Å²) in [5, 5.41) is 0.762. The maximum atomic E-state index is 6.16. The van der Waals surface area contributed by atoms with Crippen molar-refractivity contribution >= 4 is 34.2 Å². The van der Waals surface area contributed by atoms with Gasteiger partial charge in [0, 0.05) is 8.59 Å². The van der Waals surface area contributed by atoms with Crippen LogP contribution in [0.2, 0.25) is 5.02 Å². The first-order valence-corrected chi connectivity index (χ1v) is 7.05. The van der Waals surface area contributed by atoms with Crippen molar-refractivity contribution in [3.05, 3.63) is 67.7 Å². The van der Waals surface area contributed by atoms with Crippen LogP contribution in [0.15, 0.2) is 42.5 Å². The zero-order chi connectivity index (χ0) is 13.1. The van der Waals surface area contributed by atoms with Crippen LogP contribution < -0.4 is 11.3 Å². The summed E-state index contributed by atoms with van der Waals surface area (Å²) >= 11 is 8.44. The highest BCUT2D eigenvalue weighted by Crippen LogP contribution is 2.26. The molecular weight excluding hydrogens is 359 g/mol. The van der Waals surface area contributed by atoms with Gasteiger partial charge in [0.15, 0.2) is 0 Å². The van der Waals surface area contributed by atoms with Gasteiger partial charge in [-0.25, -0.2) is 5.43 Å². The van der Waals surface area contributed by atoms with Crippen LogP contribution in [0.1, 0.15) is 22.7 Å². The van der Waals surface area contributed by atoms with Gasteiger partial charge < -0.3 is 0 Å². The molecule has 94 valence electrons. The molecule has 0 aliphatic rings. The Morgan fingerprint density at radius 1 is 1.11 bits per heavy atom. The molecule has 0 heterocycles. The van der Waals surface area contributed by atoms with E-state index in [4.69, 9.17) is 17.4 Å². The van der Waals surface area contributed by atoms with Crippen LogP contribution in [-0.4, -0.2) is 0 Å². The Morgan fingerprint density at radius 3 is 2.28 bits per heavy atom. The third kappa shape index (κ3) is 3.03. The van der Waals surface area contributed by atoms with Crippen LogP contribution in [0.3, 0.4) is 0 Å².